The van der Waals surface area contributed by atoms with Crippen LogP contribution in [0.4, 0.5) is 5.82 Å². The van der Waals surface area contributed by atoms with E-state index in [0.29, 0.717) is 34.3 Å². The molecule has 1 saturated heterocycles. The van der Waals surface area contributed by atoms with Crippen LogP contribution in [0.5, 0.6) is 0 Å². The molecule has 138 valence electrons. The van der Waals surface area contributed by atoms with Crippen molar-refractivity contribution >= 4 is 34.8 Å². The third kappa shape index (κ3) is 2.96. The minimum Gasteiger partial charge on any atom is -0.367 e. The first kappa shape index (κ1) is 16.7. The van der Waals surface area contributed by atoms with Crippen molar-refractivity contribution in [2.75, 3.05) is 5.32 Å². The second kappa shape index (κ2) is 6.32. The zero-order valence-corrected chi connectivity index (χ0v) is 15.7. The van der Waals surface area contributed by atoms with Crippen LogP contribution >= 0.6 is 11.3 Å². The molecule has 3 aromatic heterocycles. The minimum absolute atomic E-state index is 0.131. The van der Waals surface area contributed by atoms with E-state index < -0.39 is 0 Å². The summed E-state index contributed by atoms with van der Waals surface area (Å²) < 4.78 is 1.77. The van der Waals surface area contributed by atoms with Gasteiger partial charge in [-0.2, -0.15) is 14.9 Å². The van der Waals surface area contributed by atoms with Crippen molar-refractivity contribution in [1.82, 2.24) is 19.9 Å². The van der Waals surface area contributed by atoms with Crippen LogP contribution in [0.3, 0.4) is 0 Å². The average molecular weight is 388 g/mol. The summed E-state index contributed by atoms with van der Waals surface area (Å²) >= 11 is 1.41. The second-order valence-corrected chi connectivity index (χ2v) is 8.04. The fraction of sp³-hybridized carbons (Fsp3) is 0.200. The molecule has 28 heavy (non-hydrogen) atoms. The fourth-order valence-corrected chi connectivity index (χ4v) is 3.95. The zero-order chi connectivity index (χ0) is 19.3. The number of rotatable bonds is 4. The van der Waals surface area contributed by atoms with Crippen molar-refractivity contribution in [2.45, 2.75) is 25.3 Å². The van der Waals surface area contributed by atoms with E-state index in [1.807, 2.05) is 18.2 Å². The first-order chi connectivity index (χ1) is 13.6. The van der Waals surface area contributed by atoms with Gasteiger partial charge in [-0.25, -0.2) is 4.98 Å². The SMILES string of the molecule is C=C1C/C(=C\c2cnn3c(NC4CC4)cc(-c4ccc(C#N)s4)nc23)C(=O)N1. The van der Waals surface area contributed by atoms with E-state index in [2.05, 4.69) is 28.4 Å². The van der Waals surface area contributed by atoms with E-state index in [-0.39, 0.29) is 5.91 Å². The average Bonchev–Trinajstić information content (AvgIpc) is 3.08. The van der Waals surface area contributed by atoms with Crippen LogP contribution in [-0.2, 0) is 4.79 Å². The highest BCUT2D eigenvalue weighted by Gasteiger charge is 2.24. The maximum absolute atomic E-state index is 12.1. The molecule has 8 heteroatoms. The van der Waals surface area contributed by atoms with Crippen molar-refractivity contribution in [3.05, 3.63) is 52.7 Å². The number of anilines is 1. The summed E-state index contributed by atoms with van der Waals surface area (Å²) in [6, 6.07) is 8.29. The van der Waals surface area contributed by atoms with Gasteiger partial charge in [0.2, 0.25) is 0 Å². The monoisotopic (exact) mass is 388 g/mol. The number of carbonyl (C=O) groups is 1. The molecule has 5 rings (SSSR count). The Morgan fingerprint density at radius 1 is 1.43 bits per heavy atom. The molecule has 1 amide bonds. The lowest BCUT2D eigenvalue weighted by atomic mass is 10.1. The molecular formula is C20H16N6OS. The third-order valence-corrected chi connectivity index (χ3v) is 5.73. The van der Waals surface area contributed by atoms with Gasteiger partial charge in [0, 0.05) is 35.4 Å². The summed E-state index contributed by atoms with van der Waals surface area (Å²) in [6.45, 7) is 3.82. The summed E-state index contributed by atoms with van der Waals surface area (Å²) in [6.07, 6.45) is 6.32. The molecule has 2 N–H and O–H groups in total. The summed E-state index contributed by atoms with van der Waals surface area (Å²) in [4.78, 5) is 18.4. The molecule has 0 spiro atoms. The fourth-order valence-electron chi connectivity index (χ4n) is 3.18. The number of aromatic nitrogens is 3. The van der Waals surface area contributed by atoms with E-state index in [4.69, 9.17) is 10.2 Å². The molecule has 1 aliphatic carbocycles. The van der Waals surface area contributed by atoms with E-state index in [9.17, 15) is 4.79 Å². The molecule has 1 aliphatic heterocycles. The molecule has 0 unspecified atom stereocenters. The number of nitrogens with zero attached hydrogens (tertiary/aromatic N) is 4. The summed E-state index contributed by atoms with van der Waals surface area (Å²) in [5.41, 5.74) is 3.57. The smallest absolute Gasteiger partial charge is 0.251 e. The molecule has 0 bridgehead atoms. The second-order valence-electron chi connectivity index (χ2n) is 6.96. The Kier molecular flexibility index (Phi) is 3.77. The largest absolute Gasteiger partial charge is 0.367 e. The van der Waals surface area contributed by atoms with Gasteiger partial charge >= 0.3 is 0 Å². The standard InChI is InChI=1S/C20H16N6OS/c1-11-6-12(20(27)23-11)7-13-10-22-26-18(24-14-2-3-14)8-16(25-19(13)26)17-5-4-15(9-21)28-17/h4-5,7-8,10,14,24H,1-3,6H2,(H,23,27)/b12-7+. The molecular weight excluding hydrogens is 372 g/mol. The number of hydrogen-bond acceptors (Lipinski definition) is 6. The number of nitrogens with one attached hydrogen (secondary N) is 2. The molecule has 7 nitrogen and oxygen atoms in total. The quantitative estimate of drug-likeness (QED) is 0.669. The van der Waals surface area contributed by atoms with E-state index in [0.717, 1.165) is 34.8 Å². The van der Waals surface area contributed by atoms with Gasteiger partial charge in [-0.05, 0) is 31.1 Å². The van der Waals surface area contributed by atoms with E-state index in [1.54, 1.807) is 16.8 Å². The van der Waals surface area contributed by atoms with Gasteiger partial charge in [0.1, 0.15) is 16.8 Å². The van der Waals surface area contributed by atoms with Gasteiger partial charge in [0.05, 0.1) is 16.8 Å². The van der Waals surface area contributed by atoms with Gasteiger partial charge in [-0.15, -0.1) is 11.3 Å². The number of amides is 1. The number of allylic oxidation sites excluding steroid dienone is 1. The molecule has 2 aliphatic rings. The number of carbonyl (C=O) groups excluding carboxylic acids is 1. The van der Waals surface area contributed by atoms with E-state index in [1.165, 1.54) is 11.3 Å². The molecule has 4 heterocycles. The minimum atomic E-state index is -0.131. The maximum Gasteiger partial charge on any atom is 0.251 e. The van der Waals surface area contributed by atoms with Gasteiger partial charge < -0.3 is 10.6 Å². The highest BCUT2D eigenvalue weighted by molar-refractivity contribution is 7.15. The van der Waals surface area contributed by atoms with Crippen LogP contribution in [0.2, 0.25) is 0 Å². The predicted molar refractivity (Wildman–Crippen MR) is 108 cm³/mol. The summed E-state index contributed by atoms with van der Waals surface area (Å²) in [5.74, 6) is 0.730. The lowest BCUT2D eigenvalue weighted by molar-refractivity contribution is -0.115. The van der Waals surface area contributed by atoms with Crippen LogP contribution in [-0.4, -0.2) is 26.5 Å². The molecule has 0 atom stereocenters. The van der Waals surface area contributed by atoms with Crippen molar-refractivity contribution in [2.24, 2.45) is 0 Å². The van der Waals surface area contributed by atoms with Crippen molar-refractivity contribution in [1.29, 1.82) is 5.26 Å². The predicted octanol–water partition coefficient (Wildman–Crippen LogP) is 3.32. The van der Waals surface area contributed by atoms with E-state index >= 15 is 0 Å². The Labute approximate surface area is 165 Å². The Morgan fingerprint density at radius 3 is 2.96 bits per heavy atom. The third-order valence-electron chi connectivity index (χ3n) is 4.71. The zero-order valence-electron chi connectivity index (χ0n) is 14.9. The topological polar surface area (TPSA) is 95.1 Å². The van der Waals surface area contributed by atoms with Crippen LogP contribution in [0, 0.1) is 11.3 Å². The maximum atomic E-state index is 12.1. The molecule has 1 saturated carbocycles. The molecule has 2 fully saturated rings. The van der Waals surface area contributed by atoms with Gasteiger partial charge in [-0.1, -0.05) is 6.58 Å². The van der Waals surface area contributed by atoms with Crippen molar-refractivity contribution in [3.8, 4) is 16.6 Å². The summed E-state index contributed by atoms with van der Waals surface area (Å²) in [5, 5.41) is 19.8. The Morgan fingerprint density at radius 2 is 2.29 bits per heavy atom. The lowest BCUT2D eigenvalue weighted by Crippen LogP contribution is -2.12. The Balaban J connectivity index is 1.65. The number of nitriles is 1. The Hall–Kier alpha value is -3.44. The van der Waals surface area contributed by atoms with Crippen molar-refractivity contribution in [3.63, 3.8) is 0 Å². The van der Waals surface area contributed by atoms with Crippen LogP contribution in [0.15, 0.2) is 42.2 Å². The first-order valence-electron chi connectivity index (χ1n) is 8.96. The highest BCUT2D eigenvalue weighted by atomic mass is 32.1. The number of thiophene rings is 1. The van der Waals surface area contributed by atoms with Crippen molar-refractivity contribution < 1.29 is 4.79 Å². The van der Waals surface area contributed by atoms with Crippen LogP contribution in [0.1, 0.15) is 29.7 Å². The normalized spacial score (nSPS) is 17.9. The van der Waals surface area contributed by atoms with Gasteiger partial charge in [-0.3, -0.25) is 4.79 Å². The van der Waals surface area contributed by atoms with Gasteiger partial charge in [0.15, 0.2) is 5.65 Å². The number of hydrogen-bond donors (Lipinski definition) is 2. The van der Waals surface area contributed by atoms with Gasteiger partial charge in [0.25, 0.3) is 5.91 Å². The lowest BCUT2D eigenvalue weighted by Gasteiger charge is -2.09. The molecule has 0 radical (unpaired) electrons. The molecule has 0 aromatic carbocycles. The highest BCUT2D eigenvalue weighted by Crippen LogP contribution is 2.32. The Bertz CT molecular complexity index is 1210. The van der Waals surface area contributed by atoms with Crippen LogP contribution < -0.4 is 10.6 Å². The summed E-state index contributed by atoms with van der Waals surface area (Å²) in [7, 11) is 0. The number of fused-ring (bicyclic) bond motifs is 1. The first-order valence-corrected chi connectivity index (χ1v) is 9.77. The van der Waals surface area contributed by atoms with Crippen LogP contribution in [0.25, 0.3) is 22.3 Å². The molecule has 3 aromatic rings.